The molecule has 0 spiro atoms. The number of hydrogen-bond donors (Lipinski definition) is 0. The number of rotatable bonds is 7. The van der Waals surface area contributed by atoms with E-state index in [1.165, 1.54) is 0 Å². The minimum atomic E-state index is -0.313. The van der Waals surface area contributed by atoms with Crippen molar-refractivity contribution in [2.75, 3.05) is 26.8 Å². The largest absolute Gasteiger partial charge is 0.383 e. The highest BCUT2D eigenvalue weighted by molar-refractivity contribution is 5.90. The van der Waals surface area contributed by atoms with Crippen molar-refractivity contribution >= 4 is 11.8 Å². The van der Waals surface area contributed by atoms with Gasteiger partial charge in [-0.3, -0.25) is 14.6 Å². The Bertz CT molecular complexity index is 574. The molecule has 0 unspecified atom stereocenters. The summed E-state index contributed by atoms with van der Waals surface area (Å²) >= 11 is 0. The van der Waals surface area contributed by atoms with Crippen LogP contribution in [0.25, 0.3) is 0 Å². The third-order valence-corrected chi connectivity index (χ3v) is 4.72. The van der Waals surface area contributed by atoms with Crippen molar-refractivity contribution in [2.24, 2.45) is 5.92 Å². The second-order valence-electron chi connectivity index (χ2n) is 6.58. The zero-order valence-electron chi connectivity index (χ0n) is 14.2. The molecule has 1 saturated heterocycles. The van der Waals surface area contributed by atoms with Gasteiger partial charge in [0.1, 0.15) is 6.04 Å². The molecular weight excluding hydrogens is 306 g/mol. The SMILES string of the molecule is COCCN(Cc1cccnc1)C(=O)[C@H]1CCCN1C(=O)C1CC1. The van der Waals surface area contributed by atoms with Crippen LogP contribution in [0.2, 0.25) is 0 Å². The van der Waals surface area contributed by atoms with Crippen LogP contribution in [0.3, 0.4) is 0 Å². The Kier molecular flexibility index (Phi) is 5.45. The number of carbonyl (C=O) groups excluding carboxylic acids is 2. The van der Waals surface area contributed by atoms with Crippen molar-refractivity contribution in [3.63, 3.8) is 0 Å². The quantitative estimate of drug-likeness (QED) is 0.759. The molecule has 6 heteroatoms. The normalized spacial score (nSPS) is 20.2. The maximum absolute atomic E-state index is 13.1. The molecule has 2 heterocycles. The number of pyridine rings is 1. The molecule has 0 aromatic carbocycles. The van der Waals surface area contributed by atoms with Crippen molar-refractivity contribution in [3.8, 4) is 0 Å². The zero-order valence-corrected chi connectivity index (χ0v) is 14.2. The Morgan fingerprint density at radius 3 is 2.88 bits per heavy atom. The molecule has 2 fully saturated rings. The topological polar surface area (TPSA) is 62.7 Å². The van der Waals surface area contributed by atoms with Crippen LogP contribution in [0.5, 0.6) is 0 Å². The van der Waals surface area contributed by atoms with E-state index in [2.05, 4.69) is 4.98 Å². The fraction of sp³-hybridized carbons (Fsp3) is 0.611. The first kappa shape index (κ1) is 16.9. The van der Waals surface area contributed by atoms with Crippen molar-refractivity contribution in [2.45, 2.75) is 38.3 Å². The van der Waals surface area contributed by atoms with Crippen LogP contribution in [0.4, 0.5) is 0 Å². The van der Waals surface area contributed by atoms with Gasteiger partial charge in [0, 0.05) is 45.1 Å². The van der Waals surface area contributed by atoms with Gasteiger partial charge < -0.3 is 14.5 Å². The van der Waals surface area contributed by atoms with E-state index in [1.807, 2.05) is 17.0 Å². The van der Waals surface area contributed by atoms with Gasteiger partial charge in [-0.2, -0.15) is 0 Å². The summed E-state index contributed by atoms with van der Waals surface area (Å²) in [6, 6.07) is 3.51. The maximum Gasteiger partial charge on any atom is 0.245 e. The summed E-state index contributed by atoms with van der Waals surface area (Å²) in [6.45, 7) is 2.20. The first-order valence-corrected chi connectivity index (χ1v) is 8.68. The fourth-order valence-corrected chi connectivity index (χ4v) is 3.24. The number of methoxy groups -OCH3 is 1. The minimum absolute atomic E-state index is 0.0300. The van der Waals surface area contributed by atoms with Crippen molar-refractivity contribution in [1.29, 1.82) is 0 Å². The number of hydrogen-bond acceptors (Lipinski definition) is 4. The number of carbonyl (C=O) groups is 2. The Hall–Kier alpha value is -1.95. The molecule has 24 heavy (non-hydrogen) atoms. The van der Waals surface area contributed by atoms with E-state index in [-0.39, 0.29) is 23.8 Å². The van der Waals surface area contributed by atoms with Gasteiger partial charge in [-0.15, -0.1) is 0 Å². The summed E-state index contributed by atoms with van der Waals surface area (Å²) in [5.74, 6) is 0.352. The van der Waals surface area contributed by atoms with Crippen molar-refractivity contribution in [3.05, 3.63) is 30.1 Å². The molecule has 1 aliphatic carbocycles. The molecule has 0 N–H and O–H groups in total. The van der Waals surface area contributed by atoms with Crippen LogP contribution >= 0.6 is 0 Å². The average molecular weight is 331 g/mol. The zero-order chi connectivity index (χ0) is 16.9. The maximum atomic E-state index is 13.1. The Balaban J connectivity index is 1.70. The molecule has 1 aromatic heterocycles. The van der Waals surface area contributed by atoms with E-state index in [4.69, 9.17) is 4.74 Å². The standard InChI is InChI=1S/C18H25N3O3/c1-24-11-10-20(13-14-4-2-8-19-12-14)18(23)16-5-3-9-21(16)17(22)15-6-7-15/h2,4,8,12,15-16H,3,5-7,9-11,13H2,1H3/t16-/m1/s1. The summed E-state index contributed by atoms with van der Waals surface area (Å²) in [7, 11) is 1.63. The van der Waals surface area contributed by atoms with E-state index in [0.29, 0.717) is 26.2 Å². The van der Waals surface area contributed by atoms with Crippen LogP contribution in [-0.2, 0) is 20.9 Å². The first-order valence-electron chi connectivity index (χ1n) is 8.68. The lowest BCUT2D eigenvalue weighted by atomic mass is 10.1. The van der Waals surface area contributed by atoms with Gasteiger partial charge in [-0.1, -0.05) is 6.07 Å². The summed E-state index contributed by atoms with van der Waals surface area (Å²) in [5.41, 5.74) is 0.986. The van der Waals surface area contributed by atoms with Gasteiger partial charge in [0.2, 0.25) is 11.8 Å². The van der Waals surface area contributed by atoms with E-state index in [1.54, 1.807) is 24.4 Å². The average Bonchev–Trinajstić information content (AvgIpc) is 3.35. The highest BCUT2D eigenvalue weighted by Gasteiger charge is 2.41. The van der Waals surface area contributed by atoms with Crippen LogP contribution in [-0.4, -0.2) is 59.4 Å². The van der Waals surface area contributed by atoms with Gasteiger partial charge >= 0.3 is 0 Å². The molecule has 3 rings (SSSR count). The number of amides is 2. The molecular formula is C18H25N3O3. The monoisotopic (exact) mass is 331 g/mol. The summed E-state index contributed by atoms with van der Waals surface area (Å²) < 4.78 is 5.16. The number of nitrogens with zero attached hydrogens (tertiary/aromatic N) is 3. The van der Waals surface area contributed by atoms with Gasteiger partial charge in [-0.05, 0) is 37.3 Å². The predicted octanol–water partition coefficient (Wildman–Crippen LogP) is 1.46. The second-order valence-corrected chi connectivity index (χ2v) is 6.58. The summed E-state index contributed by atoms with van der Waals surface area (Å²) in [6.07, 6.45) is 7.10. The summed E-state index contributed by atoms with van der Waals surface area (Å²) in [5, 5.41) is 0. The smallest absolute Gasteiger partial charge is 0.245 e. The predicted molar refractivity (Wildman–Crippen MR) is 89.0 cm³/mol. The van der Waals surface area contributed by atoms with Crippen LogP contribution in [0.1, 0.15) is 31.2 Å². The molecule has 2 aliphatic rings. The molecule has 1 aliphatic heterocycles. The van der Waals surface area contributed by atoms with Gasteiger partial charge in [0.25, 0.3) is 0 Å². The lowest BCUT2D eigenvalue weighted by Gasteiger charge is -2.30. The fourth-order valence-electron chi connectivity index (χ4n) is 3.24. The van der Waals surface area contributed by atoms with Crippen molar-refractivity contribution in [1.82, 2.24) is 14.8 Å². The van der Waals surface area contributed by atoms with Crippen LogP contribution in [0.15, 0.2) is 24.5 Å². The third kappa shape index (κ3) is 3.93. The molecule has 1 saturated carbocycles. The van der Waals surface area contributed by atoms with E-state index in [9.17, 15) is 9.59 Å². The first-order chi connectivity index (χ1) is 11.7. The summed E-state index contributed by atoms with van der Waals surface area (Å²) in [4.78, 5) is 33.2. The minimum Gasteiger partial charge on any atom is -0.383 e. The molecule has 0 radical (unpaired) electrons. The van der Waals surface area contributed by atoms with Gasteiger partial charge in [0.05, 0.1) is 6.61 Å². The van der Waals surface area contributed by atoms with E-state index < -0.39 is 0 Å². The highest BCUT2D eigenvalue weighted by Crippen LogP contribution is 2.34. The number of aromatic nitrogens is 1. The second kappa shape index (κ2) is 7.75. The molecule has 130 valence electrons. The lowest BCUT2D eigenvalue weighted by Crippen LogP contribution is -2.48. The van der Waals surface area contributed by atoms with Crippen LogP contribution < -0.4 is 0 Å². The third-order valence-electron chi connectivity index (χ3n) is 4.72. The Morgan fingerprint density at radius 1 is 1.38 bits per heavy atom. The molecule has 1 aromatic rings. The van der Waals surface area contributed by atoms with Gasteiger partial charge in [-0.25, -0.2) is 0 Å². The van der Waals surface area contributed by atoms with Crippen LogP contribution in [0, 0.1) is 5.92 Å². The van der Waals surface area contributed by atoms with E-state index in [0.717, 1.165) is 31.2 Å². The molecule has 0 bridgehead atoms. The lowest BCUT2D eigenvalue weighted by molar-refractivity contribution is -0.145. The van der Waals surface area contributed by atoms with Crippen molar-refractivity contribution < 1.29 is 14.3 Å². The number of ether oxygens (including phenoxy) is 1. The number of likely N-dealkylation sites (tertiary alicyclic amines) is 1. The Morgan fingerprint density at radius 2 is 2.21 bits per heavy atom. The molecule has 2 amide bonds. The van der Waals surface area contributed by atoms with Gasteiger partial charge in [0.15, 0.2) is 0 Å². The molecule has 1 atom stereocenters. The molecule has 6 nitrogen and oxygen atoms in total. The van der Waals surface area contributed by atoms with E-state index >= 15 is 0 Å². The Labute approximate surface area is 142 Å². The highest BCUT2D eigenvalue weighted by atomic mass is 16.5.